The van der Waals surface area contributed by atoms with Crippen LogP contribution in [0, 0.1) is 10.8 Å². The Morgan fingerprint density at radius 2 is 1.02 bits per heavy atom. The first-order valence-corrected chi connectivity index (χ1v) is 21.8. The SMILES string of the molecule is COc1ccc(C2(c3ccc(-c4nc(-c5ccccc5)nc(-c5ccccc5)n4)cc3)C=Cc3c4c(c5ccccc5c3O2)-c2ccccc2C42CC(C)(C)CC(C)(C)C2)cc1. The van der Waals surface area contributed by atoms with Crippen molar-refractivity contribution in [3.05, 3.63) is 192 Å². The van der Waals surface area contributed by atoms with Crippen LogP contribution in [0.4, 0.5) is 0 Å². The van der Waals surface area contributed by atoms with Crippen LogP contribution < -0.4 is 9.47 Å². The van der Waals surface area contributed by atoms with Crippen LogP contribution >= 0.6 is 0 Å². The van der Waals surface area contributed by atoms with Gasteiger partial charge in [0, 0.05) is 44.2 Å². The van der Waals surface area contributed by atoms with Crippen LogP contribution in [0.2, 0.25) is 0 Å². The minimum Gasteiger partial charge on any atom is -0.497 e. The zero-order chi connectivity index (χ0) is 42.3. The van der Waals surface area contributed by atoms with Crippen molar-refractivity contribution in [2.45, 2.75) is 58.0 Å². The van der Waals surface area contributed by atoms with Crippen LogP contribution in [0.3, 0.4) is 0 Å². The van der Waals surface area contributed by atoms with Crippen LogP contribution in [-0.2, 0) is 11.0 Å². The molecule has 2 heterocycles. The van der Waals surface area contributed by atoms with Crippen molar-refractivity contribution in [2.24, 2.45) is 10.8 Å². The summed E-state index contributed by atoms with van der Waals surface area (Å²) in [5.74, 6) is 3.59. The van der Waals surface area contributed by atoms with E-state index < -0.39 is 5.60 Å². The summed E-state index contributed by atoms with van der Waals surface area (Å²) in [5.41, 5.74) is 10.7. The molecule has 1 saturated carbocycles. The second-order valence-corrected chi connectivity index (χ2v) is 19.0. The zero-order valence-electron chi connectivity index (χ0n) is 35.9. The van der Waals surface area contributed by atoms with Crippen molar-refractivity contribution >= 4 is 16.8 Å². The second-order valence-electron chi connectivity index (χ2n) is 19.0. The molecule has 5 nitrogen and oxygen atoms in total. The lowest BCUT2D eigenvalue weighted by Crippen LogP contribution is -2.44. The Bertz CT molecular complexity index is 2970. The number of aromatic nitrogens is 3. The monoisotopic (exact) mass is 807 g/mol. The van der Waals surface area contributed by atoms with Gasteiger partial charge in [0.15, 0.2) is 23.1 Å². The molecule has 304 valence electrons. The molecule has 7 aromatic carbocycles. The van der Waals surface area contributed by atoms with E-state index >= 15 is 0 Å². The highest BCUT2D eigenvalue weighted by atomic mass is 16.5. The Hall–Kier alpha value is -6.85. The van der Waals surface area contributed by atoms with Crippen molar-refractivity contribution in [1.82, 2.24) is 15.0 Å². The molecular weight excluding hydrogens is 759 g/mol. The van der Waals surface area contributed by atoms with Crippen LogP contribution in [0.15, 0.2) is 164 Å². The first-order valence-electron chi connectivity index (χ1n) is 21.8. The number of hydrogen-bond acceptors (Lipinski definition) is 5. The predicted octanol–water partition coefficient (Wildman–Crippen LogP) is 13.9. The van der Waals surface area contributed by atoms with Crippen LogP contribution in [0.25, 0.3) is 62.1 Å². The van der Waals surface area contributed by atoms with Gasteiger partial charge in [0.25, 0.3) is 0 Å². The molecule has 0 amide bonds. The summed E-state index contributed by atoms with van der Waals surface area (Å²) in [7, 11) is 1.71. The van der Waals surface area contributed by atoms with Gasteiger partial charge in [0.2, 0.25) is 0 Å². The summed E-state index contributed by atoms with van der Waals surface area (Å²) >= 11 is 0. The molecule has 0 bridgehead atoms. The standard InChI is InChI=1S/C57H49N3O2/c1-54(2)34-55(3,4)36-56(35-54)47-23-15-14-22-45(47)48-43-20-12-13-21-44(43)50-46(49(48)56)32-33-57(62-50,41-28-30-42(61-5)31-29-41)40-26-24-39(25-27-40)53-59-51(37-16-8-6-9-17-37)58-52(60-53)38-18-10-7-11-19-38/h6-33H,34-36H2,1-5H3. The topological polar surface area (TPSA) is 57.1 Å². The van der Waals surface area contributed by atoms with Gasteiger partial charge in [0.1, 0.15) is 11.5 Å². The molecule has 1 aromatic heterocycles. The summed E-state index contributed by atoms with van der Waals surface area (Å²) in [6, 6.07) is 55.2. The average Bonchev–Trinajstić information content (AvgIpc) is 3.56. The quantitative estimate of drug-likeness (QED) is 0.167. The third-order valence-corrected chi connectivity index (χ3v) is 13.5. The molecule has 5 heteroatoms. The highest BCUT2D eigenvalue weighted by molar-refractivity contribution is 6.08. The predicted molar refractivity (Wildman–Crippen MR) is 251 cm³/mol. The summed E-state index contributed by atoms with van der Waals surface area (Å²) in [6.45, 7) is 9.87. The largest absolute Gasteiger partial charge is 0.497 e. The molecule has 11 rings (SSSR count). The van der Waals surface area contributed by atoms with Gasteiger partial charge >= 0.3 is 0 Å². The number of benzene rings is 7. The Kier molecular flexibility index (Phi) is 8.67. The van der Waals surface area contributed by atoms with Gasteiger partial charge in [-0.1, -0.05) is 179 Å². The van der Waals surface area contributed by atoms with Gasteiger partial charge in [-0.2, -0.15) is 0 Å². The number of methoxy groups -OCH3 is 1. The van der Waals surface area contributed by atoms with Crippen molar-refractivity contribution in [3.8, 4) is 56.8 Å². The lowest BCUT2D eigenvalue weighted by atomic mass is 9.52. The summed E-state index contributed by atoms with van der Waals surface area (Å²) in [6.07, 6.45) is 8.01. The molecular formula is C57H49N3O2. The molecule has 0 radical (unpaired) electrons. The smallest absolute Gasteiger partial charge is 0.178 e. The Morgan fingerprint density at radius 1 is 0.516 bits per heavy atom. The van der Waals surface area contributed by atoms with Crippen LogP contribution in [0.1, 0.15) is 74.8 Å². The molecule has 1 fully saturated rings. The van der Waals surface area contributed by atoms with Crippen LogP contribution in [0.5, 0.6) is 11.5 Å². The molecule has 2 aliphatic carbocycles. The van der Waals surface area contributed by atoms with E-state index in [1.54, 1.807) is 7.11 Å². The highest BCUT2D eigenvalue weighted by Crippen LogP contribution is 2.66. The molecule has 8 aromatic rings. The number of hydrogen-bond donors (Lipinski definition) is 0. The zero-order valence-corrected chi connectivity index (χ0v) is 35.9. The van der Waals surface area contributed by atoms with Gasteiger partial charge in [-0.25, -0.2) is 15.0 Å². The third kappa shape index (κ3) is 6.08. The van der Waals surface area contributed by atoms with Gasteiger partial charge in [-0.05, 0) is 75.9 Å². The number of ether oxygens (including phenoxy) is 2. The van der Waals surface area contributed by atoms with Gasteiger partial charge < -0.3 is 9.47 Å². The number of rotatable bonds is 6. The fraction of sp³-hybridized carbons (Fsp3) is 0.211. The van der Waals surface area contributed by atoms with Crippen molar-refractivity contribution < 1.29 is 9.47 Å². The summed E-state index contributed by atoms with van der Waals surface area (Å²) in [4.78, 5) is 15.0. The lowest BCUT2D eigenvalue weighted by molar-refractivity contribution is 0.0642. The van der Waals surface area contributed by atoms with Gasteiger partial charge in [-0.15, -0.1) is 0 Å². The van der Waals surface area contributed by atoms with Crippen molar-refractivity contribution in [1.29, 1.82) is 0 Å². The number of fused-ring (bicyclic) bond motifs is 10. The molecule has 3 aliphatic rings. The Balaban J connectivity index is 1.10. The first kappa shape index (κ1) is 38.1. The maximum Gasteiger partial charge on any atom is 0.178 e. The molecule has 1 atom stereocenters. The lowest BCUT2D eigenvalue weighted by Gasteiger charge is -2.52. The first-order chi connectivity index (χ1) is 30.1. The van der Waals surface area contributed by atoms with E-state index in [4.69, 9.17) is 24.4 Å². The second kappa shape index (κ2) is 14.1. The fourth-order valence-corrected chi connectivity index (χ4v) is 11.7. The van der Waals surface area contributed by atoms with E-state index in [2.05, 4.69) is 125 Å². The van der Waals surface area contributed by atoms with Crippen molar-refractivity contribution in [3.63, 3.8) is 0 Å². The molecule has 0 saturated heterocycles. The van der Waals surface area contributed by atoms with E-state index in [0.717, 1.165) is 57.5 Å². The molecule has 1 aliphatic heterocycles. The van der Waals surface area contributed by atoms with E-state index in [1.165, 1.54) is 39.6 Å². The number of nitrogens with zero attached hydrogens (tertiary/aromatic N) is 3. The fourth-order valence-electron chi connectivity index (χ4n) is 11.7. The van der Waals surface area contributed by atoms with Crippen molar-refractivity contribution in [2.75, 3.05) is 7.11 Å². The van der Waals surface area contributed by atoms with E-state index in [-0.39, 0.29) is 16.2 Å². The average molecular weight is 808 g/mol. The van der Waals surface area contributed by atoms with E-state index in [1.807, 2.05) is 72.8 Å². The van der Waals surface area contributed by atoms with E-state index in [9.17, 15) is 0 Å². The third-order valence-electron chi connectivity index (χ3n) is 13.5. The molecule has 1 spiro atoms. The molecule has 0 N–H and O–H groups in total. The maximum atomic E-state index is 7.77. The maximum absolute atomic E-state index is 7.77. The van der Waals surface area contributed by atoms with Crippen LogP contribution in [-0.4, -0.2) is 22.1 Å². The van der Waals surface area contributed by atoms with Gasteiger partial charge in [0.05, 0.1) is 7.11 Å². The van der Waals surface area contributed by atoms with Gasteiger partial charge in [-0.3, -0.25) is 0 Å². The Labute approximate surface area is 364 Å². The molecule has 62 heavy (non-hydrogen) atoms. The Morgan fingerprint density at radius 3 is 1.60 bits per heavy atom. The summed E-state index contributed by atoms with van der Waals surface area (Å²) in [5, 5.41) is 2.35. The minimum atomic E-state index is -0.956. The summed E-state index contributed by atoms with van der Waals surface area (Å²) < 4.78 is 13.4. The minimum absolute atomic E-state index is 0.144. The van der Waals surface area contributed by atoms with E-state index in [0.29, 0.717) is 17.5 Å². The highest BCUT2D eigenvalue weighted by Gasteiger charge is 2.55. The molecule has 1 unspecified atom stereocenters. The normalized spacial score (nSPS) is 18.7.